The largest absolute Gasteiger partial charge is 0.369 e. The fourth-order valence-electron chi connectivity index (χ4n) is 10.0. The van der Waals surface area contributed by atoms with Gasteiger partial charge in [0.05, 0.1) is 99.7 Å². The lowest BCUT2D eigenvalue weighted by Gasteiger charge is -2.22. The summed E-state index contributed by atoms with van der Waals surface area (Å²) in [6.45, 7) is 0.512. The first-order valence-corrected chi connectivity index (χ1v) is 30.8. The van der Waals surface area contributed by atoms with Gasteiger partial charge in [0.15, 0.2) is 12.5 Å². The lowest BCUT2D eigenvalue weighted by molar-refractivity contribution is 0.0131. The van der Waals surface area contributed by atoms with Crippen LogP contribution in [0.25, 0.3) is 0 Å². The topological polar surface area (TPSA) is 277 Å². The molecule has 18 nitrogen and oxygen atoms in total. The molecule has 7 amide bonds. The van der Waals surface area contributed by atoms with E-state index in [1.165, 1.54) is 9.80 Å². The maximum atomic E-state index is 13.1. The average Bonchev–Trinajstić information content (AvgIpc) is 1.68. The summed E-state index contributed by atoms with van der Waals surface area (Å²) in [7, 11) is 0. The smallest absolute Gasteiger partial charge is 0.265 e. The van der Waals surface area contributed by atoms with E-state index in [0.29, 0.717) is 75.0 Å². The lowest BCUT2D eigenvalue weighted by atomic mass is 10.1. The predicted octanol–water partition coefficient (Wildman–Crippen LogP) is 13.9. The highest BCUT2D eigenvalue weighted by molar-refractivity contribution is 7.18. The summed E-state index contributed by atoms with van der Waals surface area (Å²) in [5.74, 6) is -2.66. The monoisotopic (exact) mass is 1330 g/mol. The van der Waals surface area contributed by atoms with E-state index in [2.05, 4.69) is 34.2 Å². The van der Waals surface area contributed by atoms with E-state index in [9.17, 15) is 43.8 Å². The summed E-state index contributed by atoms with van der Waals surface area (Å²) >= 11 is 21.1. The Bertz CT molecular complexity index is 4380. The number of carbonyl (C=O) groups excluding carboxylic acids is 7. The quantitative estimate of drug-likeness (QED) is 0.0599. The van der Waals surface area contributed by atoms with Gasteiger partial charge in [-0.1, -0.05) is 139 Å². The van der Waals surface area contributed by atoms with Gasteiger partial charge in [-0.05, 0) is 100 Å². The molecule has 0 saturated heterocycles. The van der Waals surface area contributed by atoms with Crippen LogP contribution in [-0.4, -0.2) is 66.3 Å². The molecule has 0 radical (unpaired) electrons. The van der Waals surface area contributed by atoms with E-state index in [1.807, 2.05) is 48.5 Å². The Labute approximate surface area is 548 Å². The van der Waals surface area contributed by atoms with E-state index in [-0.39, 0.29) is 73.1 Å². The van der Waals surface area contributed by atoms with Crippen LogP contribution in [0.1, 0.15) is 135 Å². The van der Waals surface area contributed by atoms with Crippen LogP contribution in [0.5, 0.6) is 0 Å². The summed E-state index contributed by atoms with van der Waals surface area (Å²) in [5, 5.41) is 56.2. The molecule has 3 aromatic heterocycles. The first kappa shape index (κ1) is 65.6. The Morgan fingerprint density at radius 3 is 1.23 bits per heavy atom. The molecule has 0 spiro atoms. The van der Waals surface area contributed by atoms with Crippen molar-refractivity contribution in [2.24, 2.45) is 0 Å². The number of aliphatic hydroxyl groups is 2. The highest BCUT2D eigenvalue weighted by Gasteiger charge is 2.40. The second-order valence-corrected chi connectivity index (χ2v) is 25.3. The van der Waals surface area contributed by atoms with E-state index in [1.54, 1.807) is 115 Å². The van der Waals surface area contributed by atoms with Crippen molar-refractivity contribution in [3.05, 3.63) is 258 Å². The molecule has 3 aliphatic rings. The Kier molecular flexibility index (Phi) is 21.1. The van der Waals surface area contributed by atoms with Gasteiger partial charge < -0.3 is 36.0 Å². The van der Waals surface area contributed by atoms with Crippen molar-refractivity contribution in [1.29, 1.82) is 15.8 Å². The van der Waals surface area contributed by atoms with Crippen LogP contribution < -0.4 is 16.0 Å². The highest BCUT2D eigenvalue weighted by atomic mass is 35.5. The number of thiophene rings is 3. The average molecular weight is 1330 g/mol. The van der Waals surface area contributed by atoms with Crippen molar-refractivity contribution in [3.63, 3.8) is 0 Å². The summed E-state index contributed by atoms with van der Waals surface area (Å²) in [6, 6.07) is 52.6. The van der Waals surface area contributed by atoms with E-state index in [0.717, 1.165) is 72.3 Å². The van der Waals surface area contributed by atoms with Gasteiger partial charge in [0.25, 0.3) is 41.4 Å². The zero-order chi connectivity index (χ0) is 63.8. The number of anilines is 3. The molecule has 0 fully saturated rings. The molecule has 9 aromatic rings. The van der Waals surface area contributed by atoms with Crippen LogP contribution >= 0.6 is 68.8 Å². The molecule has 0 saturated carbocycles. The minimum absolute atomic E-state index is 0. The van der Waals surface area contributed by atoms with Gasteiger partial charge in [-0.15, -0.1) is 34.0 Å². The molecule has 5 N–H and O–H groups in total. The first-order valence-electron chi connectivity index (χ1n) is 27.2. The lowest BCUT2D eigenvalue weighted by Crippen LogP contribution is -2.29. The predicted molar refractivity (Wildman–Crippen MR) is 349 cm³/mol. The van der Waals surface area contributed by atoms with Gasteiger partial charge in [0.1, 0.15) is 0 Å². The Morgan fingerprint density at radius 1 is 0.429 bits per heavy atom. The number of hydrogen-bond acceptors (Lipinski definition) is 15. The van der Waals surface area contributed by atoms with Gasteiger partial charge in [-0.2, -0.15) is 15.8 Å². The number of hydrogen-bond donors (Lipinski definition) is 5. The van der Waals surface area contributed by atoms with E-state index < -0.39 is 30.2 Å². The molecule has 91 heavy (non-hydrogen) atoms. The molecule has 0 bridgehead atoms. The Morgan fingerprint density at radius 2 is 0.802 bits per heavy atom. The van der Waals surface area contributed by atoms with Crippen LogP contribution in [0, 0.1) is 34.0 Å². The van der Waals surface area contributed by atoms with Gasteiger partial charge in [-0.3, -0.25) is 38.5 Å². The summed E-state index contributed by atoms with van der Waals surface area (Å²) in [4.78, 5) is 94.4. The number of carbonyl (C=O) groups is 7. The number of amides is 7. The fourth-order valence-corrected chi connectivity index (χ4v) is 12.8. The maximum Gasteiger partial charge on any atom is 0.265 e. The van der Waals surface area contributed by atoms with Gasteiger partial charge in [0.2, 0.25) is 0 Å². The second kappa shape index (κ2) is 29.2. The fraction of sp³-hybridized carbons (Fsp3) is 0.134. The SMILES string of the molecule is C.N#CCc1ccc(CN2C(=O)c3c(NC(=O)c4ccc(Cl)s4)cccc3C2O)cc1.N#CCc1ccc(CN2C(=O)c3cccc(NC(=O)c4ccc(Cl)s4)c3C2=O)cc1.N#CCc1ccc(CN2C(=O)c3cccc(NC(=O)c4ccc(Cl)s4)c3C2O)cc1. The van der Waals surface area contributed by atoms with E-state index >= 15 is 0 Å². The van der Waals surface area contributed by atoms with Gasteiger partial charge >= 0.3 is 0 Å². The number of fused-ring (bicyclic) bond motifs is 3. The molecular formula is C67H50Cl3N9O9S3. The standard InChI is InChI=1S/2C22H16ClN3O3S.C22H14ClN3O3S.CH4/c3*23-18-9-8-17(30-18)20(27)25-16-3-1-2-15-19(16)22(29)26(21(15)28)12-14-6-4-13(5-7-14)10-11-24;/h1-9,22,29H,10,12H2,(H,25,27);1-9,21,28H,10,12H2,(H,25,27);1-9H,10,12H2,(H,25,27);1H4. The Balaban J connectivity index is 0.000000161. The minimum Gasteiger partial charge on any atom is -0.369 e. The zero-order valence-electron chi connectivity index (χ0n) is 46.8. The van der Waals surface area contributed by atoms with Crippen LogP contribution in [0.2, 0.25) is 13.0 Å². The third kappa shape index (κ3) is 14.8. The number of halogens is 3. The molecule has 24 heteroatoms. The Hall–Kier alpha value is -9.83. The molecule has 0 aliphatic carbocycles. The number of nitrogens with one attached hydrogen (secondary N) is 3. The van der Waals surface area contributed by atoms with Crippen LogP contribution in [0.3, 0.4) is 0 Å². The molecule has 3 aliphatic heterocycles. The number of nitriles is 3. The summed E-state index contributed by atoms with van der Waals surface area (Å²) < 4.78 is 1.48. The molecule has 6 aromatic carbocycles. The second-order valence-electron chi connectivity index (χ2n) is 20.2. The third-order valence-electron chi connectivity index (χ3n) is 14.4. The van der Waals surface area contributed by atoms with Crippen molar-refractivity contribution in [2.45, 2.75) is 58.8 Å². The normalized spacial score (nSPS) is 14.1. The van der Waals surface area contributed by atoms with Crippen LogP contribution in [-0.2, 0) is 38.9 Å². The third-order valence-corrected chi connectivity index (χ3v) is 18.1. The maximum absolute atomic E-state index is 13.1. The van der Waals surface area contributed by atoms with Crippen LogP contribution in [0.15, 0.2) is 164 Å². The highest BCUT2D eigenvalue weighted by Crippen LogP contribution is 2.40. The van der Waals surface area contributed by atoms with Gasteiger partial charge in [-0.25, -0.2) is 0 Å². The first-order chi connectivity index (χ1) is 43.4. The molecule has 2 unspecified atom stereocenters. The van der Waals surface area contributed by atoms with Crippen molar-refractivity contribution in [2.75, 3.05) is 16.0 Å². The molecule has 12 rings (SSSR count). The van der Waals surface area contributed by atoms with Crippen molar-refractivity contribution >= 4 is 127 Å². The van der Waals surface area contributed by atoms with E-state index in [4.69, 9.17) is 50.6 Å². The van der Waals surface area contributed by atoms with Crippen molar-refractivity contribution in [3.8, 4) is 18.2 Å². The molecule has 2 atom stereocenters. The summed E-state index contributed by atoms with van der Waals surface area (Å²) in [6.07, 6.45) is -1.37. The number of imide groups is 1. The molecular weight excluding hydrogens is 1280 g/mol. The number of benzene rings is 6. The number of rotatable bonds is 15. The molecule has 456 valence electrons. The van der Waals surface area contributed by atoms with Crippen molar-refractivity contribution in [1.82, 2.24) is 14.7 Å². The summed E-state index contributed by atoms with van der Waals surface area (Å²) in [5.41, 5.74) is 7.96. The minimum atomic E-state index is -1.19. The van der Waals surface area contributed by atoms with Crippen molar-refractivity contribution < 1.29 is 43.8 Å². The molecule has 6 heterocycles. The zero-order valence-corrected chi connectivity index (χ0v) is 51.5. The van der Waals surface area contributed by atoms with Crippen LogP contribution in [0.4, 0.5) is 17.1 Å². The number of aliphatic hydroxyl groups excluding tert-OH is 2. The number of nitrogens with zero attached hydrogens (tertiary/aromatic N) is 6. The van der Waals surface area contributed by atoms with Gasteiger partial charge in [0, 0.05) is 35.5 Å².